The number of hydrogen-bond donors (Lipinski definition) is 0. The molecule has 0 aliphatic heterocycles. The minimum atomic E-state index is -0.219. The van der Waals surface area contributed by atoms with Gasteiger partial charge in [0.25, 0.3) is 5.91 Å². The Kier molecular flexibility index (Phi) is 6.16. The summed E-state index contributed by atoms with van der Waals surface area (Å²) in [7, 11) is 4.62. The third-order valence-electron chi connectivity index (χ3n) is 4.88. The SMILES string of the molecule is COc1cc(OC)c(C(=O)n2ccccc2=NC2CCCCC2)cc1OC. The lowest BCUT2D eigenvalue weighted by Gasteiger charge is -2.18. The van der Waals surface area contributed by atoms with Crippen molar-refractivity contribution in [2.45, 2.75) is 38.1 Å². The molecule has 0 unspecified atom stereocenters. The van der Waals surface area contributed by atoms with E-state index in [9.17, 15) is 4.79 Å². The first-order valence-corrected chi connectivity index (χ1v) is 9.24. The largest absolute Gasteiger partial charge is 0.496 e. The highest BCUT2D eigenvalue weighted by molar-refractivity contribution is 5.99. The van der Waals surface area contributed by atoms with Crippen LogP contribution < -0.4 is 19.7 Å². The van der Waals surface area contributed by atoms with E-state index in [1.54, 1.807) is 30.0 Å². The van der Waals surface area contributed by atoms with E-state index in [-0.39, 0.29) is 11.9 Å². The van der Waals surface area contributed by atoms with E-state index in [4.69, 9.17) is 19.2 Å². The molecule has 3 rings (SSSR count). The molecule has 2 aromatic rings. The molecule has 6 heteroatoms. The number of aromatic nitrogens is 1. The van der Waals surface area contributed by atoms with Crippen molar-refractivity contribution in [3.8, 4) is 17.2 Å². The maximum atomic E-state index is 13.3. The molecule has 1 aliphatic rings. The molecule has 0 atom stereocenters. The van der Waals surface area contributed by atoms with Gasteiger partial charge in [-0.05, 0) is 25.0 Å². The maximum Gasteiger partial charge on any atom is 0.267 e. The zero-order valence-electron chi connectivity index (χ0n) is 16.1. The van der Waals surface area contributed by atoms with Gasteiger partial charge >= 0.3 is 0 Å². The molecule has 1 aromatic carbocycles. The molecule has 0 amide bonds. The van der Waals surface area contributed by atoms with Crippen LogP contribution >= 0.6 is 0 Å². The van der Waals surface area contributed by atoms with Crippen LogP contribution in [0.3, 0.4) is 0 Å². The van der Waals surface area contributed by atoms with Gasteiger partial charge in [-0.15, -0.1) is 0 Å². The summed E-state index contributed by atoms with van der Waals surface area (Å²) in [6.45, 7) is 0. The maximum absolute atomic E-state index is 13.3. The number of benzene rings is 1. The van der Waals surface area contributed by atoms with Crippen molar-refractivity contribution in [1.82, 2.24) is 4.57 Å². The minimum Gasteiger partial charge on any atom is -0.496 e. The Labute approximate surface area is 159 Å². The van der Waals surface area contributed by atoms with Gasteiger partial charge in [0.2, 0.25) is 0 Å². The van der Waals surface area contributed by atoms with Crippen LogP contribution in [0.4, 0.5) is 0 Å². The molecule has 1 aliphatic carbocycles. The van der Waals surface area contributed by atoms with Gasteiger partial charge in [-0.3, -0.25) is 14.4 Å². The Morgan fingerprint density at radius 2 is 1.63 bits per heavy atom. The lowest BCUT2D eigenvalue weighted by molar-refractivity contribution is 0.0951. The molecule has 27 heavy (non-hydrogen) atoms. The van der Waals surface area contributed by atoms with Crippen molar-refractivity contribution in [2.24, 2.45) is 4.99 Å². The standard InChI is InChI=1S/C21H26N2O4/c1-25-17-14-19(27-3)18(26-2)13-16(17)21(24)23-12-8-7-11-20(23)22-15-9-5-4-6-10-15/h7-8,11-15H,4-6,9-10H2,1-3H3. The van der Waals surface area contributed by atoms with Gasteiger partial charge < -0.3 is 14.2 Å². The van der Waals surface area contributed by atoms with Crippen LogP contribution in [0.25, 0.3) is 0 Å². The van der Waals surface area contributed by atoms with E-state index in [2.05, 4.69) is 0 Å². The second-order valence-electron chi connectivity index (χ2n) is 6.56. The highest BCUT2D eigenvalue weighted by atomic mass is 16.5. The van der Waals surface area contributed by atoms with E-state index in [1.807, 2.05) is 18.2 Å². The molecule has 1 heterocycles. The number of carbonyl (C=O) groups is 1. The number of carbonyl (C=O) groups excluding carboxylic acids is 1. The Morgan fingerprint density at radius 1 is 0.963 bits per heavy atom. The van der Waals surface area contributed by atoms with Gasteiger partial charge in [-0.2, -0.15) is 0 Å². The molecule has 0 radical (unpaired) electrons. The zero-order chi connectivity index (χ0) is 19.2. The van der Waals surface area contributed by atoms with Crippen molar-refractivity contribution in [2.75, 3.05) is 21.3 Å². The fourth-order valence-corrected chi connectivity index (χ4v) is 3.43. The molecule has 144 valence electrons. The number of nitrogens with zero attached hydrogens (tertiary/aromatic N) is 2. The number of methoxy groups -OCH3 is 3. The summed E-state index contributed by atoms with van der Waals surface area (Å²) in [4.78, 5) is 18.1. The van der Waals surface area contributed by atoms with Crippen LogP contribution in [-0.2, 0) is 0 Å². The Balaban J connectivity index is 2.05. The molecule has 6 nitrogen and oxygen atoms in total. The van der Waals surface area contributed by atoms with Crippen LogP contribution in [0.5, 0.6) is 17.2 Å². The Morgan fingerprint density at radius 3 is 2.30 bits per heavy atom. The van der Waals surface area contributed by atoms with Gasteiger partial charge in [-0.25, -0.2) is 0 Å². The van der Waals surface area contributed by atoms with Crippen LogP contribution in [0.2, 0.25) is 0 Å². The second-order valence-corrected chi connectivity index (χ2v) is 6.56. The normalized spacial score (nSPS) is 15.4. The lowest BCUT2D eigenvalue weighted by Crippen LogP contribution is -2.29. The quantitative estimate of drug-likeness (QED) is 0.809. The fraction of sp³-hybridized carbons (Fsp3) is 0.429. The van der Waals surface area contributed by atoms with Crippen LogP contribution in [0.1, 0.15) is 42.5 Å². The Bertz CT molecular complexity index is 867. The molecule has 0 saturated heterocycles. The molecule has 0 spiro atoms. The summed E-state index contributed by atoms with van der Waals surface area (Å²) in [5.41, 5.74) is 1.05. The van der Waals surface area contributed by atoms with E-state index >= 15 is 0 Å². The van der Waals surface area contributed by atoms with Crippen molar-refractivity contribution >= 4 is 5.91 Å². The van der Waals surface area contributed by atoms with Crippen LogP contribution in [0, 0.1) is 0 Å². The molecule has 1 saturated carbocycles. The van der Waals surface area contributed by atoms with Crippen LogP contribution in [-0.4, -0.2) is 37.8 Å². The van der Waals surface area contributed by atoms with Crippen molar-refractivity contribution in [1.29, 1.82) is 0 Å². The van der Waals surface area contributed by atoms with Gasteiger partial charge in [0.1, 0.15) is 11.2 Å². The number of hydrogen-bond acceptors (Lipinski definition) is 5. The number of pyridine rings is 1. The lowest BCUT2D eigenvalue weighted by atomic mass is 9.96. The average molecular weight is 370 g/mol. The first-order chi connectivity index (χ1) is 13.2. The highest BCUT2D eigenvalue weighted by Gasteiger charge is 2.20. The summed E-state index contributed by atoms with van der Waals surface area (Å²) in [6.07, 6.45) is 7.53. The topological polar surface area (TPSA) is 62.0 Å². The molecule has 0 N–H and O–H groups in total. The van der Waals surface area contributed by atoms with Crippen molar-refractivity contribution < 1.29 is 19.0 Å². The monoisotopic (exact) mass is 370 g/mol. The van der Waals surface area contributed by atoms with Crippen molar-refractivity contribution in [3.63, 3.8) is 0 Å². The highest BCUT2D eigenvalue weighted by Crippen LogP contribution is 2.34. The van der Waals surface area contributed by atoms with E-state index in [1.165, 1.54) is 33.5 Å². The predicted octanol–water partition coefficient (Wildman–Crippen LogP) is 3.44. The van der Waals surface area contributed by atoms with Crippen molar-refractivity contribution in [3.05, 3.63) is 47.6 Å². The van der Waals surface area contributed by atoms with Crippen LogP contribution in [0.15, 0.2) is 41.5 Å². The predicted molar refractivity (Wildman–Crippen MR) is 103 cm³/mol. The number of rotatable bonds is 5. The van der Waals surface area contributed by atoms with E-state index < -0.39 is 0 Å². The van der Waals surface area contributed by atoms with Gasteiger partial charge in [-0.1, -0.05) is 25.3 Å². The number of ether oxygens (including phenoxy) is 3. The first kappa shape index (κ1) is 19.0. The van der Waals surface area contributed by atoms with Gasteiger partial charge in [0.15, 0.2) is 11.5 Å². The summed E-state index contributed by atoms with van der Waals surface area (Å²) in [5.74, 6) is 1.20. The average Bonchev–Trinajstić information content (AvgIpc) is 2.73. The molecule has 1 fully saturated rings. The summed E-state index contributed by atoms with van der Waals surface area (Å²) < 4.78 is 17.6. The molecule has 1 aromatic heterocycles. The smallest absolute Gasteiger partial charge is 0.267 e. The summed E-state index contributed by atoms with van der Waals surface area (Å²) in [5, 5.41) is 0. The summed E-state index contributed by atoms with van der Waals surface area (Å²) >= 11 is 0. The van der Waals surface area contributed by atoms with E-state index in [0.29, 0.717) is 28.3 Å². The molecular formula is C21H26N2O4. The Hall–Kier alpha value is -2.76. The zero-order valence-corrected chi connectivity index (χ0v) is 16.1. The second kappa shape index (κ2) is 8.75. The summed E-state index contributed by atoms with van der Waals surface area (Å²) in [6, 6.07) is 9.17. The first-order valence-electron chi connectivity index (χ1n) is 9.24. The molecular weight excluding hydrogens is 344 g/mol. The minimum absolute atomic E-state index is 0.219. The third-order valence-corrected chi connectivity index (χ3v) is 4.88. The molecule has 0 bridgehead atoms. The van der Waals surface area contributed by atoms with E-state index in [0.717, 1.165) is 12.8 Å². The van der Waals surface area contributed by atoms with Gasteiger partial charge in [0, 0.05) is 18.3 Å². The van der Waals surface area contributed by atoms with Gasteiger partial charge in [0.05, 0.1) is 32.9 Å². The fourth-order valence-electron chi connectivity index (χ4n) is 3.43. The third kappa shape index (κ3) is 4.15.